The van der Waals surface area contributed by atoms with Crippen LogP contribution in [0.3, 0.4) is 0 Å². The summed E-state index contributed by atoms with van der Waals surface area (Å²) >= 11 is 6.99. The standard InChI is InChI=1S/C8H8ClN3OS/c1-12-4-5(2-11-12)7(13)8-10-3-6(9)14-8/h2-4,7,13H,1H3. The first-order valence-electron chi connectivity index (χ1n) is 3.94. The second kappa shape index (κ2) is 3.68. The molecule has 6 heteroatoms. The van der Waals surface area contributed by atoms with Gasteiger partial charge in [0.1, 0.15) is 15.4 Å². The molecule has 1 N–H and O–H groups in total. The number of rotatable bonds is 2. The molecule has 4 nitrogen and oxygen atoms in total. The summed E-state index contributed by atoms with van der Waals surface area (Å²) in [6.45, 7) is 0. The quantitative estimate of drug-likeness (QED) is 0.851. The van der Waals surface area contributed by atoms with Crippen molar-refractivity contribution in [1.82, 2.24) is 14.8 Å². The van der Waals surface area contributed by atoms with Crippen LogP contribution in [0.5, 0.6) is 0 Å². The molecule has 0 aromatic carbocycles. The van der Waals surface area contributed by atoms with Gasteiger partial charge in [0.15, 0.2) is 0 Å². The van der Waals surface area contributed by atoms with Gasteiger partial charge in [-0.15, -0.1) is 11.3 Å². The monoisotopic (exact) mass is 229 g/mol. The number of aliphatic hydroxyl groups is 1. The zero-order valence-electron chi connectivity index (χ0n) is 7.38. The fraction of sp³-hybridized carbons (Fsp3) is 0.250. The SMILES string of the molecule is Cn1cc(C(O)c2ncc(Cl)s2)cn1. The molecule has 74 valence electrons. The third-order valence-electron chi connectivity index (χ3n) is 1.77. The molecule has 0 bridgehead atoms. The van der Waals surface area contributed by atoms with E-state index in [0.29, 0.717) is 9.34 Å². The van der Waals surface area contributed by atoms with Gasteiger partial charge in [-0.1, -0.05) is 11.6 Å². The van der Waals surface area contributed by atoms with Crippen LogP contribution in [0, 0.1) is 0 Å². The van der Waals surface area contributed by atoms with Gasteiger partial charge in [-0.05, 0) is 0 Å². The molecule has 0 fully saturated rings. The molecule has 14 heavy (non-hydrogen) atoms. The average molecular weight is 230 g/mol. The van der Waals surface area contributed by atoms with Crippen molar-refractivity contribution in [3.63, 3.8) is 0 Å². The minimum Gasteiger partial charge on any atom is -0.381 e. The summed E-state index contributed by atoms with van der Waals surface area (Å²) in [5, 5.41) is 14.4. The minimum atomic E-state index is -0.735. The van der Waals surface area contributed by atoms with E-state index in [0.717, 1.165) is 5.56 Å². The Labute approximate surface area is 89.8 Å². The van der Waals surface area contributed by atoms with Gasteiger partial charge in [0, 0.05) is 18.8 Å². The average Bonchev–Trinajstić information content (AvgIpc) is 2.73. The van der Waals surface area contributed by atoms with Crippen molar-refractivity contribution >= 4 is 22.9 Å². The number of aliphatic hydroxyl groups excluding tert-OH is 1. The summed E-state index contributed by atoms with van der Waals surface area (Å²) < 4.78 is 2.20. The van der Waals surface area contributed by atoms with E-state index in [1.54, 1.807) is 24.1 Å². The number of thiazole rings is 1. The van der Waals surface area contributed by atoms with Crippen LogP contribution in [0.15, 0.2) is 18.6 Å². The Hall–Kier alpha value is -0.910. The normalized spacial score (nSPS) is 13.1. The Morgan fingerprint density at radius 3 is 2.86 bits per heavy atom. The summed E-state index contributed by atoms with van der Waals surface area (Å²) in [6, 6.07) is 0. The van der Waals surface area contributed by atoms with Crippen molar-refractivity contribution in [2.45, 2.75) is 6.10 Å². The highest BCUT2D eigenvalue weighted by Gasteiger charge is 2.15. The van der Waals surface area contributed by atoms with E-state index in [4.69, 9.17) is 11.6 Å². The fourth-order valence-electron chi connectivity index (χ4n) is 1.12. The molecule has 2 rings (SSSR count). The van der Waals surface area contributed by atoms with Gasteiger partial charge in [-0.2, -0.15) is 5.10 Å². The highest BCUT2D eigenvalue weighted by Crippen LogP contribution is 2.27. The van der Waals surface area contributed by atoms with E-state index in [9.17, 15) is 5.11 Å². The lowest BCUT2D eigenvalue weighted by atomic mass is 10.2. The number of hydrogen-bond acceptors (Lipinski definition) is 4. The number of aromatic nitrogens is 3. The van der Waals surface area contributed by atoms with Crippen molar-refractivity contribution in [2.24, 2.45) is 7.05 Å². The summed E-state index contributed by atoms with van der Waals surface area (Å²) in [7, 11) is 1.80. The number of nitrogens with zero attached hydrogens (tertiary/aromatic N) is 3. The molecule has 0 saturated carbocycles. The lowest BCUT2D eigenvalue weighted by molar-refractivity contribution is 0.219. The first-order valence-corrected chi connectivity index (χ1v) is 5.14. The van der Waals surface area contributed by atoms with Gasteiger partial charge < -0.3 is 5.11 Å². The van der Waals surface area contributed by atoms with Gasteiger partial charge in [0.2, 0.25) is 0 Å². The van der Waals surface area contributed by atoms with Crippen molar-refractivity contribution in [1.29, 1.82) is 0 Å². The van der Waals surface area contributed by atoms with Gasteiger partial charge in [0.25, 0.3) is 0 Å². The molecule has 0 radical (unpaired) electrons. The van der Waals surface area contributed by atoms with Crippen LogP contribution in [0.2, 0.25) is 4.34 Å². The molecule has 0 aliphatic rings. The summed E-state index contributed by atoms with van der Waals surface area (Å²) in [5.41, 5.74) is 0.721. The van der Waals surface area contributed by atoms with Gasteiger partial charge in [-0.3, -0.25) is 4.68 Å². The lowest BCUT2D eigenvalue weighted by Gasteiger charge is -2.02. The van der Waals surface area contributed by atoms with E-state index in [1.807, 2.05) is 0 Å². The Morgan fingerprint density at radius 1 is 1.57 bits per heavy atom. The Balaban J connectivity index is 2.28. The van der Waals surface area contributed by atoms with E-state index < -0.39 is 6.10 Å². The van der Waals surface area contributed by atoms with Crippen LogP contribution >= 0.6 is 22.9 Å². The third kappa shape index (κ3) is 1.79. The van der Waals surface area contributed by atoms with Crippen molar-refractivity contribution in [3.05, 3.63) is 33.5 Å². The molecule has 0 spiro atoms. The summed E-state index contributed by atoms with van der Waals surface area (Å²) in [6.07, 6.45) is 4.15. The number of halogens is 1. The first kappa shape index (κ1) is 9.64. The first-order chi connectivity index (χ1) is 6.66. The van der Waals surface area contributed by atoms with Crippen LogP contribution in [0.4, 0.5) is 0 Å². The third-order valence-corrected chi connectivity index (χ3v) is 2.94. The molecule has 0 aliphatic heterocycles. The second-order valence-corrected chi connectivity index (χ2v) is 4.55. The van der Waals surface area contributed by atoms with Gasteiger partial charge >= 0.3 is 0 Å². The van der Waals surface area contributed by atoms with Gasteiger partial charge in [0.05, 0.1) is 12.4 Å². The maximum Gasteiger partial charge on any atom is 0.134 e. The zero-order valence-corrected chi connectivity index (χ0v) is 8.96. The molecular weight excluding hydrogens is 222 g/mol. The molecule has 2 heterocycles. The molecule has 0 aliphatic carbocycles. The van der Waals surface area contributed by atoms with Crippen molar-refractivity contribution in [2.75, 3.05) is 0 Å². The predicted octanol–water partition coefficient (Wildman–Crippen LogP) is 1.61. The molecular formula is C8H8ClN3OS. The number of aryl methyl sites for hydroxylation is 1. The van der Waals surface area contributed by atoms with Crippen LogP contribution in [-0.2, 0) is 7.05 Å². The van der Waals surface area contributed by atoms with Crippen molar-refractivity contribution in [3.8, 4) is 0 Å². The highest BCUT2D eigenvalue weighted by molar-refractivity contribution is 7.15. The van der Waals surface area contributed by atoms with E-state index >= 15 is 0 Å². The van der Waals surface area contributed by atoms with E-state index in [-0.39, 0.29) is 0 Å². The summed E-state index contributed by atoms with van der Waals surface area (Å²) in [5.74, 6) is 0. The van der Waals surface area contributed by atoms with Crippen LogP contribution in [-0.4, -0.2) is 19.9 Å². The predicted molar refractivity (Wildman–Crippen MR) is 54.4 cm³/mol. The van der Waals surface area contributed by atoms with Crippen LogP contribution < -0.4 is 0 Å². The maximum absolute atomic E-state index is 9.85. The summed E-state index contributed by atoms with van der Waals surface area (Å²) in [4.78, 5) is 4.00. The maximum atomic E-state index is 9.85. The van der Waals surface area contributed by atoms with Gasteiger partial charge in [-0.25, -0.2) is 4.98 Å². The highest BCUT2D eigenvalue weighted by atomic mass is 35.5. The second-order valence-electron chi connectivity index (χ2n) is 2.85. The Bertz CT molecular complexity index is 399. The Kier molecular flexibility index (Phi) is 2.54. The minimum absolute atomic E-state index is 0.572. The topological polar surface area (TPSA) is 50.9 Å². The van der Waals surface area contributed by atoms with E-state index in [1.165, 1.54) is 17.5 Å². The molecule has 2 aromatic rings. The fourth-order valence-corrected chi connectivity index (χ4v) is 2.06. The largest absolute Gasteiger partial charge is 0.381 e. The molecule has 1 unspecified atom stereocenters. The zero-order chi connectivity index (χ0) is 10.1. The van der Waals surface area contributed by atoms with Crippen LogP contribution in [0.25, 0.3) is 0 Å². The molecule has 1 atom stereocenters. The lowest BCUT2D eigenvalue weighted by Crippen LogP contribution is -1.96. The molecule has 0 saturated heterocycles. The van der Waals surface area contributed by atoms with Crippen molar-refractivity contribution < 1.29 is 5.11 Å². The smallest absolute Gasteiger partial charge is 0.134 e. The Morgan fingerprint density at radius 2 is 2.36 bits per heavy atom. The molecule has 2 aromatic heterocycles. The molecule has 0 amide bonds. The number of hydrogen-bond donors (Lipinski definition) is 1. The van der Waals surface area contributed by atoms with Crippen LogP contribution in [0.1, 0.15) is 16.7 Å². The van der Waals surface area contributed by atoms with E-state index in [2.05, 4.69) is 10.1 Å².